The summed E-state index contributed by atoms with van der Waals surface area (Å²) < 4.78 is 28.0. The van der Waals surface area contributed by atoms with E-state index in [2.05, 4.69) is 10.0 Å². The molecule has 0 aromatic heterocycles. The standard InChI is InChI=1S/C22H23Cl2N3O4S/c23-16-6-9-19(24)20(12-16)32(30,31)26-18-5-1-3-14(11-18)22(29)27-10-2-4-15(13-27)21(28)25-17-7-8-17/h1,3,5-6,9,11-12,15,17,26H,2,4,7-8,10,13H2,(H,25,28). The molecule has 7 nitrogen and oxygen atoms in total. The van der Waals surface area contributed by atoms with Crippen molar-refractivity contribution in [2.24, 2.45) is 5.92 Å². The fraction of sp³-hybridized carbons (Fsp3) is 0.364. The van der Waals surface area contributed by atoms with Crippen LogP contribution in [0.2, 0.25) is 10.0 Å². The lowest BCUT2D eigenvalue weighted by atomic mass is 9.96. The predicted octanol–water partition coefficient (Wildman–Crippen LogP) is 3.93. The molecule has 0 spiro atoms. The van der Waals surface area contributed by atoms with Crippen molar-refractivity contribution in [1.29, 1.82) is 0 Å². The average Bonchev–Trinajstić information content (AvgIpc) is 3.59. The molecule has 2 aliphatic rings. The van der Waals surface area contributed by atoms with Gasteiger partial charge in [0.25, 0.3) is 15.9 Å². The number of anilines is 1. The summed E-state index contributed by atoms with van der Waals surface area (Å²) in [6, 6.07) is 10.7. The number of carbonyl (C=O) groups excluding carboxylic acids is 2. The van der Waals surface area contributed by atoms with E-state index in [1.165, 1.54) is 24.3 Å². The van der Waals surface area contributed by atoms with Gasteiger partial charge in [0.1, 0.15) is 4.90 Å². The minimum atomic E-state index is -4.00. The highest BCUT2D eigenvalue weighted by Crippen LogP contribution is 2.28. The van der Waals surface area contributed by atoms with Gasteiger partial charge in [-0.3, -0.25) is 14.3 Å². The number of benzene rings is 2. The first-order chi connectivity index (χ1) is 15.2. The number of hydrogen-bond donors (Lipinski definition) is 2. The van der Waals surface area contributed by atoms with Crippen molar-refractivity contribution in [3.63, 3.8) is 0 Å². The monoisotopic (exact) mass is 495 g/mol. The molecule has 4 rings (SSSR count). The Kier molecular flexibility index (Phi) is 6.65. The van der Waals surface area contributed by atoms with Crippen LogP contribution >= 0.6 is 23.2 Å². The first-order valence-electron chi connectivity index (χ1n) is 10.4. The Bertz CT molecular complexity index is 1150. The van der Waals surface area contributed by atoms with Crippen LogP contribution in [-0.4, -0.2) is 44.3 Å². The van der Waals surface area contributed by atoms with Gasteiger partial charge in [-0.1, -0.05) is 29.3 Å². The van der Waals surface area contributed by atoms with Crippen LogP contribution in [0.1, 0.15) is 36.0 Å². The van der Waals surface area contributed by atoms with Crippen LogP contribution in [0.4, 0.5) is 5.69 Å². The molecule has 0 radical (unpaired) electrons. The lowest BCUT2D eigenvalue weighted by molar-refractivity contribution is -0.126. The van der Waals surface area contributed by atoms with Gasteiger partial charge in [0.2, 0.25) is 5.91 Å². The average molecular weight is 496 g/mol. The zero-order valence-corrected chi connectivity index (χ0v) is 19.5. The highest BCUT2D eigenvalue weighted by molar-refractivity contribution is 7.92. The molecule has 1 saturated heterocycles. The molecule has 1 unspecified atom stereocenters. The second-order valence-electron chi connectivity index (χ2n) is 8.13. The van der Waals surface area contributed by atoms with Gasteiger partial charge in [-0.15, -0.1) is 0 Å². The molecular weight excluding hydrogens is 473 g/mol. The number of piperidine rings is 1. The van der Waals surface area contributed by atoms with Crippen molar-refractivity contribution in [2.45, 2.75) is 36.6 Å². The SMILES string of the molecule is O=C(NC1CC1)C1CCCN(C(=O)c2cccc(NS(=O)(=O)c3cc(Cl)ccc3Cl)c2)C1. The number of likely N-dealkylation sites (tertiary alicyclic amines) is 1. The Morgan fingerprint density at radius 1 is 1.03 bits per heavy atom. The Morgan fingerprint density at radius 2 is 1.81 bits per heavy atom. The third kappa shape index (κ3) is 5.36. The van der Waals surface area contributed by atoms with E-state index in [9.17, 15) is 18.0 Å². The van der Waals surface area contributed by atoms with E-state index < -0.39 is 10.0 Å². The summed E-state index contributed by atoms with van der Waals surface area (Å²) in [4.78, 5) is 27.0. The molecule has 2 N–H and O–H groups in total. The highest BCUT2D eigenvalue weighted by atomic mass is 35.5. The van der Waals surface area contributed by atoms with E-state index in [0.29, 0.717) is 18.7 Å². The molecule has 1 saturated carbocycles. The van der Waals surface area contributed by atoms with Crippen LogP contribution < -0.4 is 10.0 Å². The van der Waals surface area contributed by atoms with Gasteiger partial charge in [-0.25, -0.2) is 8.42 Å². The van der Waals surface area contributed by atoms with E-state index >= 15 is 0 Å². The summed E-state index contributed by atoms with van der Waals surface area (Å²) in [6.07, 6.45) is 3.53. The molecule has 1 aliphatic heterocycles. The summed E-state index contributed by atoms with van der Waals surface area (Å²) in [5.74, 6) is -0.458. The Hall–Kier alpha value is -2.29. The Morgan fingerprint density at radius 3 is 2.56 bits per heavy atom. The van der Waals surface area contributed by atoms with Crippen LogP contribution in [-0.2, 0) is 14.8 Å². The minimum absolute atomic E-state index is 0.00455. The Labute approximate surface area is 197 Å². The van der Waals surface area contributed by atoms with Crippen LogP contribution in [0.5, 0.6) is 0 Å². The lowest BCUT2D eigenvalue weighted by Crippen LogP contribution is -2.45. The third-order valence-electron chi connectivity index (χ3n) is 5.55. The fourth-order valence-electron chi connectivity index (χ4n) is 3.71. The summed E-state index contributed by atoms with van der Waals surface area (Å²) in [5, 5.41) is 3.29. The second kappa shape index (κ2) is 9.29. The predicted molar refractivity (Wildman–Crippen MR) is 124 cm³/mol. The normalized spacial score (nSPS) is 18.8. The minimum Gasteiger partial charge on any atom is -0.353 e. The first kappa shape index (κ1) is 22.9. The number of rotatable bonds is 6. The molecule has 32 heavy (non-hydrogen) atoms. The highest BCUT2D eigenvalue weighted by Gasteiger charge is 2.32. The molecule has 1 heterocycles. The molecule has 2 aromatic rings. The zero-order valence-electron chi connectivity index (χ0n) is 17.2. The largest absolute Gasteiger partial charge is 0.353 e. The molecule has 170 valence electrons. The number of hydrogen-bond acceptors (Lipinski definition) is 4. The Balaban J connectivity index is 1.48. The van der Waals surface area contributed by atoms with Crippen LogP contribution in [0.15, 0.2) is 47.4 Å². The third-order valence-corrected chi connectivity index (χ3v) is 7.65. The molecular formula is C22H23Cl2N3O4S. The molecule has 1 atom stereocenters. The summed E-state index contributed by atoms with van der Waals surface area (Å²) >= 11 is 11.9. The van der Waals surface area contributed by atoms with E-state index in [1.54, 1.807) is 23.1 Å². The maximum atomic E-state index is 13.1. The quantitative estimate of drug-likeness (QED) is 0.634. The van der Waals surface area contributed by atoms with Gasteiger partial charge >= 0.3 is 0 Å². The van der Waals surface area contributed by atoms with Crippen LogP contribution in [0.25, 0.3) is 0 Å². The summed E-state index contributed by atoms with van der Waals surface area (Å²) in [5.41, 5.74) is 0.567. The molecule has 2 aromatic carbocycles. The summed E-state index contributed by atoms with van der Waals surface area (Å²) in [6.45, 7) is 0.908. The molecule has 10 heteroatoms. The van der Waals surface area contributed by atoms with E-state index in [-0.39, 0.29) is 44.4 Å². The first-order valence-corrected chi connectivity index (χ1v) is 12.6. The number of nitrogens with one attached hydrogen (secondary N) is 2. The lowest BCUT2D eigenvalue weighted by Gasteiger charge is -2.32. The van der Waals surface area contributed by atoms with Gasteiger partial charge < -0.3 is 10.2 Å². The van der Waals surface area contributed by atoms with Gasteiger partial charge in [0, 0.05) is 35.4 Å². The number of sulfonamides is 1. The summed E-state index contributed by atoms with van der Waals surface area (Å²) in [7, 11) is -4.00. The van der Waals surface area contributed by atoms with Crippen molar-refractivity contribution in [3.05, 3.63) is 58.1 Å². The van der Waals surface area contributed by atoms with Gasteiger partial charge in [0.05, 0.1) is 10.9 Å². The van der Waals surface area contributed by atoms with Gasteiger partial charge in [0.15, 0.2) is 0 Å². The topological polar surface area (TPSA) is 95.6 Å². The van der Waals surface area contributed by atoms with Crippen molar-refractivity contribution in [2.75, 3.05) is 17.8 Å². The van der Waals surface area contributed by atoms with Crippen molar-refractivity contribution < 1.29 is 18.0 Å². The second-order valence-corrected chi connectivity index (χ2v) is 10.6. The van der Waals surface area contributed by atoms with Gasteiger partial charge in [-0.05, 0) is 62.1 Å². The van der Waals surface area contributed by atoms with Crippen LogP contribution in [0.3, 0.4) is 0 Å². The van der Waals surface area contributed by atoms with Crippen molar-refractivity contribution in [1.82, 2.24) is 10.2 Å². The van der Waals surface area contributed by atoms with E-state index in [1.807, 2.05) is 0 Å². The number of nitrogens with zero attached hydrogens (tertiary/aromatic N) is 1. The number of halogens is 2. The zero-order chi connectivity index (χ0) is 22.9. The maximum absolute atomic E-state index is 13.1. The maximum Gasteiger partial charge on any atom is 0.263 e. The fourth-order valence-corrected chi connectivity index (χ4v) is 5.53. The number of amides is 2. The molecule has 2 amide bonds. The van der Waals surface area contributed by atoms with E-state index in [4.69, 9.17) is 23.2 Å². The number of carbonyl (C=O) groups is 2. The molecule has 1 aliphatic carbocycles. The van der Waals surface area contributed by atoms with E-state index in [0.717, 1.165) is 25.7 Å². The molecule has 0 bridgehead atoms. The van der Waals surface area contributed by atoms with Crippen LogP contribution in [0, 0.1) is 5.92 Å². The van der Waals surface area contributed by atoms with Crippen molar-refractivity contribution >= 4 is 50.7 Å². The molecule has 2 fully saturated rings. The van der Waals surface area contributed by atoms with Crippen molar-refractivity contribution in [3.8, 4) is 0 Å². The van der Waals surface area contributed by atoms with Gasteiger partial charge in [-0.2, -0.15) is 0 Å². The smallest absolute Gasteiger partial charge is 0.263 e.